The van der Waals surface area contributed by atoms with Gasteiger partial charge in [-0.05, 0) is 33.6 Å². The van der Waals surface area contributed by atoms with Crippen molar-refractivity contribution in [2.75, 3.05) is 7.11 Å². The average molecular weight is 282 g/mol. The summed E-state index contributed by atoms with van der Waals surface area (Å²) in [5, 5.41) is 4.00. The highest BCUT2D eigenvalue weighted by molar-refractivity contribution is 5.82. The van der Waals surface area contributed by atoms with E-state index < -0.39 is 5.60 Å². The summed E-state index contributed by atoms with van der Waals surface area (Å²) < 4.78 is 10.8. The van der Waals surface area contributed by atoms with Crippen molar-refractivity contribution < 1.29 is 19.1 Å². The van der Waals surface area contributed by atoms with E-state index in [0.29, 0.717) is 5.90 Å². The molecular formula is C14H22N2O4. The van der Waals surface area contributed by atoms with Crippen molar-refractivity contribution in [1.29, 1.82) is 0 Å². The van der Waals surface area contributed by atoms with Gasteiger partial charge in [0.05, 0.1) is 19.1 Å². The zero-order valence-corrected chi connectivity index (χ0v) is 12.5. The predicted molar refractivity (Wildman–Crippen MR) is 72.3 cm³/mol. The molecule has 4 atom stereocenters. The number of fused-ring (bicyclic) bond motifs is 4. The highest BCUT2D eigenvalue weighted by Crippen LogP contribution is 2.44. The van der Waals surface area contributed by atoms with Crippen molar-refractivity contribution in [2.45, 2.75) is 63.8 Å². The number of oxime groups is 1. The van der Waals surface area contributed by atoms with Crippen LogP contribution in [-0.2, 0) is 14.3 Å². The maximum absolute atomic E-state index is 12.4. The van der Waals surface area contributed by atoms with Crippen molar-refractivity contribution in [3.05, 3.63) is 0 Å². The molecule has 3 rings (SSSR count). The standard InChI is InChI=1S/C14H22N2O4/c1-14(2,3)19-13(17)16-8-5-6-9(16)11-10(7-8)20-15-12(11)18-4/h8-11H,5-7H2,1-4H3/t8-,9+,10-,11+/m0/s1. The zero-order chi connectivity index (χ0) is 14.5. The molecular weight excluding hydrogens is 260 g/mol. The second-order valence-corrected chi connectivity index (χ2v) is 6.73. The number of piperidine rings is 1. The Morgan fingerprint density at radius 1 is 1.40 bits per heavy atom. The van der Waals surface area contributed by atoms with Gasteiger partial charge in [0.1, 0.15) is 11.7 Å². The summed E-state index contributed by atoms with van der Waals surface area (Å²) in [6, 6.07) is 0.275. The third-order valence-corrected chi connectivity index (χ3v) is 4.24. The summed E-state index contributed by atoms with van der Waals surface area (Å²) >= 11 is 0. The summed E-state index contributed by atoms with van der Waals surface area (Å²) in [4.78, 5) is 19.8. The van der Waals surface area contributed by atoms with E-state index in [-0.39, 0.29) is 30.2 Å². The average Bonchev–Trinajstić information content (AvgIpc) is 2.88. The summed E-state index contributed by atoms with van der Waals surface area (Å²) in [7, 11) is 1.60. The molecule has 0 unspecified atom stereocenters. The first-order valence-corrected chi connectivity index (χ1v) is 7.19. The van der Waals surface area contributed by atoms with Crippen LogP contribution in [0.4, 0.5) is 4.79 Å². The summed E-state index contributed by atoms with van der Waals surface area (Å²) in [5.41, 5.74) is -0.474. The maximum Gasteiger partial charge on any atom is 0.410 e. The van der Waals surface area contributed by atoms with Crippen LogP contribution in [0.2, 0.25) is 0 Å². The molecule has 0 radical (unpaired) electrons. The zero-order valence-electron chi connectivity index (χ0n) is 12.5. The summed E-state index contributed by atoms with van der Waals surface area (Å²) in [6.45, 7) is 5.67. The molecule has 2 fully saturated rings. The van der Waals surface area contributed by atoms with Crippen LogP contribution < -0.4 is 0 Å². The van der Waals surface area contributed by atoms with Crippen LogP contribution in [0.5, 0.6) is 0 Å². The van der Waals surface area contributed by atoms with Crippen LogP contribution in [0.25, 0.3) is 0 Å². The van der Waals surface area contributed by atoms with Crippen molar-refractivity contribution in [1.82, 2.24) is 4.90 Å². The van der Waals surface area contributed by atoms with E-state index in [1.807, 2.05) is 25.7 Å². The Morgan fingerprint density at radius 2 is 2.15 bits per heavy atom. The quantitative estimate of drug-likeness (QED) is 0.683. The Hall–Kier alpha value is -1.46. The van der Waals surface area contributed by atoms with E-state index in [1.165, 1.54) is 0 Å². The van der Waals surface area contributed by atoms with Gasteiger partial charge in [0.2, 0.25) is 5.90 Å². The molecule has 2 bridgehead atoms. The van der Waals surface area contributed by atoms with Gasteiger partial charge in [-0.2, -0.15) is 0 Å². The molecule has 0 aliphatic carbocycles. The SMILES string of the molecule is COC1=NO[C@H]2C[C@@H]3CC[C@H]([C@@H]12)N3C(=O)OC(C)(C)C. The molecule has 20 heavy (non-hydrogen) atoms. The third kappa shape index (κ3) is 2.11. The number of hydrogen-bond acceptors (Lipinski definition) is 5. The molecule has 0 N–H and O–H groups in total. The molecule has 112 valence electrons. The minimum absolute atomic E-state index is 0.0427. The maximum atomic E-state index is 12.4. The summed E-state index contributed by atoms with van der Waals surface area (Å²) in [6.07, 6.45) is 2.57. The molecule has 0 aromatic heterocycles. The second kappa shape index (κ2) is 4.53. The van der Waals surface area contributed by atoms with E-state index in [2.05, 4.69) is 5.16 Å². The van der Waals surface area contributed by atoms with Gasteiger partial charge in [-0.25, -0.2) is 4.79 Å². The lowest BCUT2D eigenvalue weighted by Crippen LogP contribution is -2.55. The molecule has 0 spiro atoms. The Kier molecular flexibility index (Phi) is 3.06. The number of hydrogen-bond donors (Lipinski definition) is 0. The fourth-order valence-electron chi connectivity index (χ4n) is 3.54. The van der Waals surface area contributed by atoms with E-state index >= 15 is 0 Å². The van der Waals surface area contributed by atoms with E-state index in [0.717, 1.165) is 19.3 Å². The van der Waals surface area contributed by atoms with E-state index in [9.17, 15) is 4.79 Å². The number of carbonyl (C=O) groups excluding carboxylic acids is 1. The molecule has 0 aromatic carbocycles. The minimum Gasteiger partial charge on any atom is -0.482 e. The van der Waals surface area contributed by atoms with Crippen LogP contribution in [0.15, 0.2) is 5.16 Å². The summed E-state index contributed by atoms with van der Waals surface area (Å²) in [5.74, 6) is 0.653. The van der Waals surface area contributed by atoms with Gasteiger partial charge in [-0.3, -0.25) is 0 Å². The van der Waals surface area contributed by atoms with E-state index in [4.69, 9.17) is 14.3 Å². The molecule has 1 amide bonds. The normalized spacial score (nSPS) is 35.2. The first-order valence-electron chi connectivity index (χ1n) is 7.19. The molecule has 2 saturated heterocycles. The van der Waals surface area contributed by atoms with Gasteiger partial charge in [-0.15, -0.1) is 0 Å². The largest absolute Gasteiger partial charge is 0.482 e. The molecule has 6 heteroatoms. The Labute approximate surface area is 119 Å². The monoisotopic (exact) mass is 282 g/mol. The number of methoxy groups -OCH3 is 1. The molecule has 0 aromatic rings. The lowest BCUT2D eigenvalue weighted by atomic mass is 9.88. The first-order chi connectivity index (χ1) is 9.40. The van der Waals surface area contributed by atoms with Crippen molar-refractivity contribution in [3.63, 3.8) is 0 Å². The van der Waals surface area contributed by atoms with E-state index in [1.54, 1.807) is 7.11 Å². The number of ether oxygens (including phenoxy) is 2. The molecule has 3 aliphatic heterocycles. The van der Waals surface area contributed by atoms with Crippen LogP contribution >= 0.6 is 0 Å². The lowest BCUT2D eigenvalue weighted by molar-refractivity contribution is -0.0352. The van der Waals surface area contributed by atoms with Gasteiger partial charge in [0.25, 0.3) is 0 Å². The number of nitrogens with zero attached hydrogens (tertiary/aromatic N) is 2. The first kappa shape index (κ1) is 13.5. The van der Waals surface area contributed by atoms with Gasteiger partial charge >= 0.3 is 6.09 Å². The molecule has 0 saturated carbocycles. The Morgan fingerprint density at radius 3 is 2.80 bits per heavy atom. The fourth-order valence-corrected chi connectivity index (χ4v) is 3.54. The van der Waals surface area contributed by atoms with Crippen molar-refractivity contribution >= 4 is 12.0 Å². The molecule has 3 aliphatic rings. The topological polar surface area (TPSA) is 60.4 Å². The van der Waals surface area contributed by atoms with Crippen LogP contribution in [0.1, 0.15) is 40.0 Å². The van der Waals surface area contributed by atoms with Crippen molar-refractivity contribution in [2.24, 2.45) is 11.1 Å². The lowest BCUT2D eigenvalue weighted by Gasteiger charge is -2.40. The van der Waals surface area contributed by atoms with Gasteiger partial charge < -0.3 is 19.2 Å². The van der Waals surface area contributed by atoms with Crippen LogP contribution in [-0.4, -0.2) is 47.8 Å². The smallest absolute Gasteiger partial charge is 0.410 e. The number of amides is 1. The van der Waals surface area contributed by atoms with Gasteiger partial charge in [0.15, 0.2) is 0 Å². The Balaban J connectivity index is 1.80. The third-order valence-electron chi connectivity index (χ3n) is 4.24. The fraction of sp³-hybridized carbons (Fsp3) is 0.857. The minimum atomic E-state index is -0.474. The number of carbonyl (C=O) groups is 1. The molecule has 3 heterocycles. The highest BCUT2D eigenvalue weighted by atomic mass is 16.7. The number of rotatable bonds is 0. The van der Waals surface area contributed by atoms with Crippen LogP contribution in [0, 0.1) is 5.92 Å². The van der Waals surface area contributed by atoms with Crippen LogP contribution in [0.3, 0.4) is 0 Å². The van der Waals surface area contributed by atoms with Gasteiger partial charge in [-0.1, -0.05) is 5.16 Å². The van der Waals surface area contributed by atoms with Crippen molar-refractivity contribution in [3.8, 4) is 0 Å². The predicted octanol–water partition coefficient (Wildman–Crippen LogP) is 2.13. The Bertz CT molecular complexity index is 443. The molecule has 6 nitrogen and oxygen atoms in total. The highest BCUT2D eigenvalue weighted by Gasteiger charge is 2.56. The second-order valence-electron chi connectivity index (χ2n) is 6.73. The van der Waals surface area contributed by atoms with Gasteiger partial charge in [0, 0.05) is 12.5 Å².